The predicted molar refractivity (Wildman–Crippen MR) is 195 cm³/mol. The Morgan fingerprint density at radius 2 is 0.583 bits per heavy atom. The van der Waals surface area contributed by atoms with E-state index >= 15 is 0 Å². The van der Waals surface area contributed by atoms with Crippen LogP contribution in [0.2, 0.25) is 0 Å². The molecule has 9 rings (SSSR count). The summed E-state index contributed by atoms with van der Waals surface area (Å²) in [5.41, 5.74) is 8.72. The molecule has 0 bridgehead atoms. The van der Waals surface area contributed by atoms with E-state index < -0.39 is 0 Å². The van der Waals surface area contributed by atoms with Crippen LogP contribution in [-0.2, 0) is 0 Å². The molecule has 0 atom stereocenters. The van der Waals surface area contributed by atoms with Gasteiger partial charge in [-0.1, -0.05) is 152 Å². The summed E-state index contributed by atoms with van der Waals surface area (Å²) < 4.78 is 0. The Balaban J connectivity index is 1.11. The van der Waals surface area contributed by atoms with Gasteiger partial charge in [-0.2, -0.15) is 0 Å². The second kappa shape index (κ2) is 11.6. The van der Waals surface area contributed by atoms with Gasteiger partial charge in [-0.15, -0.1) is 0 Å². The zero-order valence-corrected chi connectivity index (χ0v) is 25.8. The summed E-state index contributed by atoms with van der Waals surface area (Å²) in [5, 5.41) is 4.38. The monoisotopic (exact) mass is 613 g/mol. The highest BCUT2D eigenvalue weighted by atomic mass is 15.0. The van der Waals surface area contributed by atoms with Crippen molar-refractivity contribution in [3.63, 3.8) is 0 Å². The molecule has 0 aliphatic carbocycles. The molecule has 0 aliphatic rings. The highest BCUT2D eigenvalue weighted by molar-refractivity contribution is 6.15. The Hall–Kier alpha value is -6.59. The van der Waals surface area contributed by atoms with Crippen molar-refractivity contribution in [3.8, 4) is 56.7 Å². The van der Waals surface area contributed by atoms with Crippen LogP contribution < -0.4 is 0 Å². The van der Waals surface area contributed by atoms with Gasteiger partial charge in [0.1, 0.15) is 0 Å². The molecule has 0 amide bonds. The molecule has 0 saturated carbocycles. The van der Waals surface area contributed by atoms with Crippen LogP contribution in [0.15, 0.2) is 164 Å². The molecule has 0 fully saturated rings. The van der Waals surface area contributed by atoms with Gasteiger partial charge in [0.05, 0.1) is 22.4 Å². The number of aromatic nitrogens is 5. The minimum Gasteiger partial charge on any atom is -0.247 e. The van der Waals surface area contributed by atoms with Crippen LogP contribution in [0, 0.1) is 0 Å². The van der Waals surface area contributed by atoms with Gasteiger partial charge in [0.25, 0.3) is 0 Å². The van der Waals surface area contributed by atoms with Gasteiger partial charge in [0, 0.05) is 49.4 Å². The number of pyridine rings is 2. The number of hydrogen-bond donors (Lipinski definition) is 0. The van der Waals surface area contributed by atoms with E-state index in [9.17, 15) is 0 Å². The Kier molecular flexibility index (Phi) is 6.72. The van der Waals surface area contributed by atoms with E-state index in [2.05, 4.69) is 84.9 Å². The van der Waals surface area contributed by atoms with Gasteiger partial charge in [-0.25, -0.2) is 24.9 Å². The van der Waals surface area contributed by atoms with E-state index in [1.165, 1.54) is 0 Å². The highest BCUT2D eigenvalue weighted by Gasteiger charge is 2.14. The zero-order valence-electron chi connectivity index (χ0n) is 25.8. The summed E-state index contributed by atoms with van der Waals surface area (Å²) in [7, 11) is 0. The van der Waals surface area contributed by atoms with E-state index in [0.717, 1.165) is 71.8 Å². The lowest BCUT2D eigenvalue weighted by atomic mass is 10.0. The molecular formula is C43H27N5. The molecule has 0 radical (unpaired) electrons. The topological polar surface area (TPSA) is 64.5 Å². The zero-order chi connectivity index (χ0) is 31.9. The molecule has 48 heavy (non-hydrogen) atoms. The Morgan fingerprint density at radius 1 is 0.250 bits per heavy atom. The third kappa shape index (κ3) is 5.04. The van der Waals surface area contributed by atoms with Crippen LogP contribution in [-0.4, -0.2) is 24.9 Å². The summed E-state index contributed by atoms with van der Waals surface area (Å²) >= 11 is 0. The SMILES string of the molecule is c1ccc(-c2ccc3ccc4c(ccc5ccc(-c6ccc(-c7nc(-c8ccccc8)nc(-c8ccccc8)n7)cc6)nc54)c3n2)cc1. The van der Waals surface area contributed by atoms with Crippen LogP contribution in [0.5, 0.6) is 0 Å². The maximum atomic E-state index is 5.20. The fourth-order valence-corrected chi connectivity index (χ4v) is 6.24. The molecule has 0 aliphatic heterocycles. The van der Waals surface area contributed by atoms with Crippen LogP contribution >= 0.6 is 0 Å². The fraction of sp³-hybridized carbons (Fsp3) is 0. The number of nitrogens with zero attached hydrogens (tertiary/aromatic N) is 5. The third-order valence-corrected chi connectivity index (χ3v) is 8.72. The van der Waals surface area contributed by atoms with Crippen molar-refractivity contribution in [1.82, 2.24) is 24.9 Å². The first kappa shape index (κ1) is 27.7. The van der Waals surface area contributed by atoms with E-state index in [0.29, 0.717) is 17.5 Å². The quantitative estimate of drug-likeness (QED) is 0.181. The van der Waals surface area contributed by atoms with Crippen LogP contribution in [0.4, 0.5) is 0 Å². The molecule has 0 spiro atoms. The lowest BCUT2D eigenvalue weighted by Gasteiger charge is -2.10. The van der Waals surface area contributed by atoms with Crippen LogP contribution in [0.25, 0.3) is 89.3 Å². The van der Waals surface area contributed by atoms with Crippen LogP contribution in [0.3, 0.4) is 0 Å². The first-order chi connectivity index (χ1) is 23.8. The maximum absolute atomic E-state index is 5.20. The fourth-order valence-electron chi connectivity index (χ4n) is 6.24. The molecular weight excluding hydrogens is 587 g/mol. The standard InChI is InChI=1S/C43H27N5/c1-4-10-28(11-5-1)37-26-22-30-20-25-36-35(39(30)44-37)24-21-31-23-27-38(45-40(31)36)29-16-18-34(19-17-29)43-47-41(32-12-6-2-7-13-32)46-42(48-43)33-14-8-3-9-15-33/h1-27H. The lowest BCUT2D eigenvalue weighted by Crippen LogP contribution is -2.00. The summed E-state index contributed by atoms with van der Waals surface area (Å²) in [6.45, 7) is 0. The molecule has 224 valence electrons. The summed E-state index contributed by atoms with van der Waals surface area (Å²) in [4.78, 5) is 24.9. The van der Waals surface area contributed by atoms with Crippen molar-refractivity contribution in [2.45, 2.75) is 0 Å². The van der Waals surface area contributed by atoms with Crippen molar-refractivity contribution >= 4 is 32.6 Å². The molecule has 0 saturated heterocycles. The lowest BCUT2D eigenvalue weighted by molar-refractivity contribution is 1.07. The van der Waals surface area contributed by atoms with Crippen molar-refractivity contribution in [3.05, 3.63) is 164 Å². The van der Waals surface area contributed by atoms with Gasteiger partial charge < -0.3 is 0 Å². The first-order valence-electron chi connectivity index (χ1n) is 15.9. The van der Waals surface area contributed by atoms with Crippen molar-refractivity contribution < 1.29 is 0 Å². The van der Waals surface area contributed by atoms with E-state index in [-0.39, 0.29) is 0 Å². The molecule has 9 aromatic rings. The molecule has 0 N–H and O–H groups in total. The van der Waals surface area contributed by atoms with Crippen molar-refractivity contribution in [2.24, 2.45) is 0 Å². The van der Waals surface area contributed by atoms with Gasteiger partial charge in [-0.3, -0.25) is 0 Å². The smallest absolute Gasteiger partial charge is 0.164 e. The normalized spacial score (nSPS) is 11.3. The average molecular weight is 614 g/mol. The number of rotatable bonds is 5. The Bertz CT molecular complexity index is 2530. The molecule has 3 heterocycles. The molecule has 5 heteroatoms. The first-order valence-corrected chi connectivity index (χ1v) is 15.9. The third-order valence-electron chi connectivity index (χ3n) is 8.72. The van der Waals surface area contributed by atoms with E-state index in [1.54, 1.807) is 0 Å². The van der Waals surface area contributed by atoms with E-state index in [1.807, 2.05) is 78.9 Å². The van der Waals surface area contributed by atoms with Crippen LogP contribution in [0.1, 0.15) is 0 Å². The molecule has 6 aromatic carbocycles. The maximum Gasteiger partial charge on any atom is 0.164 e. The minimum absolute atomic E-state index is 0.626. The average Bonchev–Trinajstić information content (AvgIpc) is 3.18. The van der Waals surface area contributed by atoms with Gasteiger partial charge in [0.15, 0.2) is 17.5 Å². The van der Waals surface area contributed by atoms with Crippen molar-refractivity contribution in [1.29, 1.82) is 0 Å². The van der Waals surface area contributed by atoms with Gasteiger partial charge >= 0.3 is 0 Å². The second-order valence-corrected chi connectivity index (χ2v) is 11.7. The predicted octanol–water partition coefficient (Wildman–Crippen LogP) is 10.5. The number of fused-ring (bicyclic) bond motifs is 5. The molecule has 0 unspecified atom stereocenters. The van der Waals surface area contributed by atoms with E-state index in [4.69, 9.17) is 24.9 Å². The summed E-state index contributed by atoms with van der Waals surface area (Å²) in [6.07, 6.45) is 0. The van der Waals surface area contributed by atoms with Crippen molar-refractivity contribution in [2.75, 3.05) is 0 Å². The second-order valence-electron chi connectivity index (χ2n) is 11.7. The summed E-state index contributed by atoms with van der Waals surface area (Å²) in [6, 6.07) is 55.8. The number of hydrogen-bond acceptors (Lipinski definition) is 5. The minimum atomic E-state index is 0.626. The largest absolute Gasteiger partial charge is 0.247 e. The summed E-state index contributed by atoms with van der Waals surface area (Å²) in [5.74, 6) is 1.91. The van der Waals surface area contributed by atoms with Gasteiger partial charge in [0.2, 0.25) is 0 Å². The molecule has 5 nitrogen and oxygen atoms in total. The number of benzene rings is 6. The highest BCUT2D eigenvalue weighted by Crippen LogP contribution is 2.33. The molecule has 3 aromatic heterocycles. The Morgan fingerprint density at radius 3 is 1.02 bits per heavy atom. The Labute approximate surface area is 277 Å². The van der Waals surface area contributed by atoms with Gasteiger partial charge in [-0.05, 0) is 12.1 Å².